The first-order valence-electron chi connectivity index (χ1n) is 10.6. The van der Waals surface area contributed by atoms with Gasteiger partial charge in [0, 0.05) is 48.8 Å². The van der Waals surface area contributed by atoms with E-state index in [-0.39, 0.29) is 6.10 Å². The quantitative estimate of drug-likeness (QED) is 0.513. The normalized spacial score (nSPS) is 14.9. The van der Waals surface area contributed by atoms with E-state index in [0.29, 0.717) is 6.04 Å². The van der Waals surface area contributed by atoms with Gasteiger partial charge in [-0.1, -0.05) is 0 Å². The fourth-order valence-corrected chi connectivity index (χ4v) is 3.82. The Bertz CT molecular complexity index is 1220. The number of hydrogen-bond acceptors (Lipinski definition) is 6. The second-order valence-corrected chi connectivity index (χ2v) is 8.53. The molecule has 4 aromatic heterocycles. The Kier molecular flexibility index (Phi) is 4.86. The first kappa shape index (κ1) is 19.6. The first-order chi connectivity index (χ1) is 14.9. The third-order valence-corrected chi connectivity index (χ3v) is 5.51. The summed E-state index contributed by atoms with van der Waals surface area (Å²) in [5.41, 5.74) is 5.02. The number of pyridine rings is 2. The molecule has 8 heteroatoms. The van der Waals surface area contributed by atoms with Crippen molar-refractivity contribution in [3.05, 3.63) is 54.7 Å². The molecule has 0 aromatic carbocycles. The average Bonchev–Trinajstić information content (AvgIpc) is 3.34. The van der Waals surface area contributed by atoms with E-state index in [4.69, 9.17) is 4.74 Å². The molecule has 1 aliphatic heterocycles. The molecule has 0 amide bonds. The van der Waals surface area contributed by atoms with Crippen molar-refractivity contribution in [1.29, 1.82) is 0 Å². The van der Waals surface area contributed by atoms with Crippen molar-refractivity contribution >= 4 is 17.0 Å². The van der Waals surface area contributed by atoms with Crippen LogP contribution in [0.3, 0.4) is 0 Å². The minimum absolute atomic E-state index is 0.217. The maximum Gasteiger partial charge on any atom is 0.153 e. The summed E-state index contributed by atoms with van der Waals surface area (Å²) in [5.74, 6) is 1.60. The third kappa shape index (κ3) is 3.98. The van der Waals surface area contributed by atoms with Crippen molar-refractivity contribution in [2.45, 2.75) is 32.9 Å². The Morgan fingerprint density at radius 3 is 2.74 bits per heavy atom. The van der Waals surface area contributed by atoms with Crippen LogP contribution >= 0.6 is 0 Å². The van der Waals surface area contributed by atoms with E-state index in [9.17, 15) is 0 Å². The van der Waals surface area contributed by atoms with Crippen molar-refractivity contribution in [3.8, 4) is 16.9 Å². The zero-order valence-electron chi connectivity index (χ0n) is 18.3. The zero-order valence-corrected chi connectivity index (χ0v) is 18.3. The summed E-state index contributed by atoms with van der Waals surface area (Å²) < 4.78 is 10.0. The molecule has 1 fully saturated rings. The Balaban J connectivity index is 1.43. The van der Waals surface area contributed by atoms with Crippen molar-refractivity contribution in [3.63, 3.8) is 0 Å². The van der Waals surface area contributed by atoms with E-state index in [2.05, 4.69) is 64.5 Å². The molecule has 0 saturated carbocycles. The third-order valence-electron chi connectivity index (χ3n) is 5.51. The number of nitrogens with one attached hydrogen (secondary N) is 1. The predicted molar refractivity (Wildman–Crippen MR) is 121 cm³/mol. The monoisotopic (exact) mass is 417 g/mol. The van der Waals surface area contributed by atoms with Gasteiger partial charge < -0.3 is 10.1 Å². The molecule has 8 nitrogen and oxygen atoms in total. The lowest BCUT2D eigenvalue weighted by atomic mass is 10.1. The topological polar surface area (TPSA) is 72.5 Å². The van der Waals surface area contributed by atoms with Crippen LogP contribution in [0, 0.1) is 6.92 Å². The number of fused-ring (bicyclic) bond motifs is 1. The lowest BCUT2D eigenvalue weighted by molar-refractivity contribution is 0.0390. The van der Waals surface area contributed by atoms with Crippen LogP contribution in [0.15, 0.2) is 49.1 Å². The van der Waals surface area contributed by atoms with Crippen LogP contribution in [-0.4, -0.2) is 55.5 Å². The summed E-state index contributed by atoms with van der Waals surface area (Å²) >= 11 is 0. The van der Waals surface area contributed by atoms with Crippen LogP contribution in [-0.2, 0) is 0 Å². The van der Waals surface area contributed by atoms with Crippen LogP contribution in [0.5, 0.6) is 5.75 Å². The van der Waals surface area contributed by atoms with Gasteiger partial charge in [0.15, 0.2) is 5.82 Å². The van der Waals surface area contributed by atoms with Crippen LogP contribution < -0.4 is 10.1 Å². The fourth-order valence-electron chi connectivity index (χ4n) is 3.82. The number of anilines is 2. The van der Waals surface area contributed by atoms with Crippen LogP contribution in [0.25, 0.3) is 16.6 Å². The molecule has 1 saturated heterocycles. The number of likely N-dealkylation sites (N-methyl/N-ethyl adjacent to an activating group) is 1. The lowest BCUT2D eigenvalue weighted by Crippen LogP contribution is -2.51. The Labute approximate surface area is 181 Å². The SMILES string of the molecule is Cc1cc(-c2ccn3nc(Nc4cnn(C(C)C)c4)cc3c2)c(OC2CN(C)C2)cn1. The van der Waals surface area contributed by atoms with Gasteiger partial charge in [-0.2, -0.15) is 10.2 Å². The van der Waals surface area contributed by atoms with Crippen LogP contribution in [0.4, 0.5) is 11.5 Å². The fraction of sp³-hybridized carbons (Fsp3) is 0.348. The van der Waals surface area contributed by atoms with Gasteiger partial charge in [-0.3, -0.25) is 14.6 Å². The summed E-state index contributed by atoms with van der Waals surface area (Å²) in [4.78, 5) is 6.69. The minimum atomic E-state index is 0.217. The number of ether oxygens (including phenoxy) is 1. The molecule has 1 N–H and O–H groups in total. The largest absolute Gasteiger partial charge is 0.485 e. The molecule has 1 aliphatic rings. The maximum absolute atomic E-state index is 6.23. The molecular formula is C23H27N7O. The molecule has 160 valence electrons. The molecule has 31 heavy (non-hydrogen) atoms. The van der Waals surface area contributed by atoms with Crippen molar-refractivity contribution in [1.82, 2.24) is 29.3 Å². The highest BCUT2D eigenvalue weighted by Crippen LogP contribution is 2.33. The number of rotatable bonds is 6. The van der Waals surface area contributed by atoms with Crippen molar-refractivity contribution in [2.24, 2.45) is 0 Å². The van der Waals surface area contributed by atoms with Gasteiger partial charge >= 0.3 is 0 Å². The standard InChI is InChI=1S/C23H27N7O/c1-15(2)30-12-18(10-25-30)26-23-9-19-8-17(5-6-29(19)27-23)21-7-16(3)24-11-22(21)31-20-13-28(4)14-20/h5-12,15,20H,13-14H2,1-4H3,(H,26,27). The van der Waals surface area contributed by atoms with Crippen LogP contribution in [0.2, 0.25) is 0 Å². The molecule has 0 aliphatic carbocycles. The summed E-state index contributed by atoms with van der Waals surface area (Å²) in [7, 11) is 2.10. The molecule has 0 atom stereocenters. The van der Waals surface area contributed by atoms with Crippen molar-refractivity contribution < 1.29 is 4.74 Å². The van der Waals surface area contributed by atoms with Gasteiger partial charge in [0.25, 0.3) is 0 Å². The molecule has 0 bridgehead atoms. The number of aromatic nitrogens is 5. The Hall–Kier alpha value is -3.39. The van der Waals surface area contributed by atoms with Gasteiger partial charge in [0.2, 0.25) is 0 Å². The summed E-state index contributed by atoms with van der Waals surface area (Å²) in [6.45, 7) is 8.09. The molecule has 5 heterocycles. The lowest BCUT2D eigenvalue weighted by Gasteiger charge is -2.36. The Morgan fingerprint density at radius 2 is 2.00 bits per heavy atom. The molecule has 0 spiro atoms. The van der Waals surface area contributed by atoms with E-state index in [1.165, 1.54) is 0 Å². The maximum atomic E-state index is 6.23. The van der Waals surface area contributed by atoms with Gasteiger partial charge in [0.1, 0.15) is 11.9 Å². The predicted octanol–water partition coefficient (Wildman–Crippen LogP) is 3.92. The molecule has 0 radical (unpaired) electrons. The number of aryl methyl sites for hydroxylation is 1. The number of hydrogen-bond donors (Lipinski definition) is 1. The zero-order chi connectivity index (χ0) is 21.5. The molecule has 0 unspecified atom stereocenters. The first-order valence-corrected chi connectivity index (χ1v) is 10.6. The highest BCUT2D eigenvalue weighted by Gasteiger charge is 2.26. The van der Waals surface area contributed by atoms with Gasteiger partial charge in [-0.05, 0) is 51.6 Å². The van der Waals surface area contributed by atoms with E-state index in [1.807, 2.05) is 47.0 Å². The highest BCUT2D eigenvalue weighted by molar-refractivity contribution is 5.75. The molecule has 4 aromatic rings. The second kappa shape index (κ2) is 7.70. The minimum Gasteiger partial charge on any atom is -0.485 e. The van der Waals surface area contributed by atoms with Crippen molar-refractivity contribution in [2.75, 3.05) is 25.5 Å². The summed E-state index contributed by atoms with van der Waals surface area (Å²) in [6, 6.07) is 8.63. The summed E-state index contributed by atoms with van der Waals surface area (Å²) in [6.07, 6.45) is 7.83. The van der Waals surface area contributed by atoms with Gasteiger partial charge in [-0.25, -0.2) is 4.52 Å². The second-order valence-electron chi connectivity index (χ2n) is 8.53. The average molecular weight is 418 g/mol. The van der Waals surface area contributed by atoms with E-state index in [1.54, 1.807) is 0 Å². The smallest absolute Gasteiger partial charge is 0.153 e. The van der Waals surface area contributed by atoms with Gasteiger partial charge in [-0.15, -0.1) is 0 Å². The summed E-state index contributed by atoms with van der Waals surface area (Å²) in [5, 5.41) is 12.3. The highest BCUT2D eigenvalue weighted by atomic mass is 16.5. The Morgan fingerprint density at radius 1 is 1.16 bits per heavy atom. The van der Waals surface area contributed by atoms with E-state index >= 15 is 0 Å². The molecule has 5 rings (SSSR count). The van der Waals surface area contributed by atoms with E-state index < -0.39 is 0 Å². The van der Waals surface area contributed by atoms with Gasteiger partial charge in [0.05, 0.1) is 23.6 Å². The number of nitrogens with zero attached hydrogens (tertiary/aromatic N) is 6. The van der Waals surface area contributed by atoms with E-state index in [0.717, 1.165) is 52.7 Å². The molecular weight excluding hydrogens is 390 g/mol. The van der Waals surface area contributed by atoms with Crippen LogP contribution in [0.1, 0.15) is 25.6 Å². The number of likely N-dealkylation sites (tertiary alicyclic amines) is 1.